The molecule has 0 amide bonds. The van der Waals surface area contributed by atoms with E-state index < -0.39 is 10.0 Å². The number of sulfonamides is 1. The van der Waals surface area contributed by atoms with Crippen LogP contribution in [0.2, 0.25) is 0 Å². The first kappa shape index (κ1) is 15.7. The number of methoxy groups -OCH3 is 1. The van der Waals surface area contributed by atoms with E-state index in [9.17, 15) is 8.42 Å². The number of hydrogen-bond acceptors (Lipinski definition) is 4. The molecule has 0 saturated heterocycles. The number of ether oxygens (including phenoxy) is 1. The summed E-state index contributed by atoms with van der Waals surface area (Å²) >= 11 is 3.33. The number of hydrogen-bond donors (Lipinski definition) is 2. The van der Waals surface area contributed by atoms with E-state index in [2.05, 4.69) is 26.0 Å². The van der Waals surface area contributed by atoms with Crippen molar-refractivity contribution in [2.24, 2.45) is 0 Å². The van der Waals surface area contributed by atoms with Crippen LogP contribution >= 0.6 is 15.9 Å². The number of para-hydroxylation sites is 1. The van der Waals surface area contributed by atoms with Crippen molar-refractivity contribution in [3.63, 3.8) is 0 Å². The minimum atomic E-state index is -3.67. The molecule has 0 atom stereocenters. The van der Waals surface area contributed by atoms with E-state index in [0.717, 1.165) is 0 Å². The minimum Gasteiger partial charge on any atom is -0.496 e. The van der Waals surface area contributed by atoms with Gasteiger partial charge in [0.15, 0.2) is 0 Å². The number of benzene rings is 2. The Labute approximate surface area is 132 Å². The molecule has 2 aromatic carbocycles. The Bertz CT molecular complexity index is 748. The summed E-state index contributed by atoms with van der Waals surface area (Å²) in [6, 6.07) is 11.7. The molecule has 21 heavy (non-hydrogen) atoms. The van der Waals surface area contributed by atoms with E-state index in [1.54, 1.807) is 56.6 Å². The normalized spacial score (nSPS) is 11.0. The van der Waals surface area contributed by atoms with Gasteiger partial charge in [0.25, 0.3) is 10.0 Å². The molecular formula is C14H15BrN2O3S. The lowest BCUT2D eigenvalue weighted by molar-refractivity contribution is 0.412. The van der Waals surface area contributed by atoms with Crippen LogP contribution in [0.15, 0.2) is 51.8 Å². The van der Waals surface area contributed by atoms with E-state index >= 15 is 0 Å². The number of rotatable bonds is 5. The summed E-state index contributed by atoms with van der Waals surface area (Å²) in [5, 5.41) is 2.87. The molecule has 0 spiro atoms. The van der Waals surface area contributed by atoms with Crippen molar-refractivity contribution in [2.75, 3.05) is 24.2 Å². The van der Waals surface area contributed by atoms with Crippen molar-refractivity contribution in [2.45, 2.75) is 4.90 Å². The quantitative estimate of drug-likeness (QED) is 0.847. The molecule has 0 aliphatic rings. The zero-order valence-corrected chi connectivity index (χ0v) is 14.0. The van der Waals surface area contributed by atoms with Gasteiger partial charge >= 0.3 is 0 Å². The third-order valence-electron chi connectivity index (χ3n) is 2.85. The molecule has 0 heterocycles. The summed E-state index contributed by atoms with van der Waals surface area (Å²) in [6.07, 6.45) is 0. The molecule has 0 fully saturated rings. The second-order valence-electron chi connectivity index (χ2n) is 4.20. The Kier molecular flexibility index (Phi) is 4.74. The maximum Gasteiger partial charge on any atom is 0.263 e. The van der Waals surface area contributed by atoms with Crippen molar-refractivity contribution < 1.29 is 13.2 Å². The fraction of sp³-hybridized carbons (Fsp3) is 0.143. The van der Waals surface area contributed by atoms with Gasteiger partial charge in [-0.1, -0.05) is 12.1 Å². The van der Waals surface area contributed by atoms with Crippen molar-refractivity contribution in [3.05, 3.63) is 46.9 Å². The molecule has 0 radical (unpaired) electrons. The zero-order chi connectivity index (χ0) is 15.5. The highest BCUT2D eigenvalue weighted by Crippen LogP contribution is 2.29. The molecule has 2 rings (SSSR count). The van der Waals surface area contributed by atoms with Gasteiger partial charge in [0.05, 0.1) is 23.0 Å². The standard InChI is InChI=1S/C14H15BrN2O3S/c1-16-12-5-3-4-6-14(12)21(18,19)17-10-7-8-13(20-2)11(15)9-10/h3-9,16-17H,1-2H3. The molecule has 0 unspecified atom stereocenters. The molecule has 7 heteroatoms. The molecule has 5 nitrogen and oxygen atoms in total. The van der Waals surface area contributed by atoms with Crippen molar-refractivity contribution in [1.82, 2.24) is 0 Å². The van der Waals surface area contributed by atoms with Gasteiger partial charge in [-0.05, 0) is 46.3 Å². The zero-order valence-electron chi connectivity index (χ0n) is 11.6. The predicted molar refractivity (Wildman–Crippen MR) is 87.5 cm³/mol. The van der Waals surface area contributed by atoms with Gasteiger partial charge in [-0.3, -0.25) is 4.72 Å². The topological polar surface area (TPSA) is 67.4 Å². The number of halogens is 1. The smallest absolute Gasteiger partial charge is 0.263 e. The van der Waals surface area contributed by atoms with Crippen molar-refractivity contribution >= 4 is 37.3 Å². The van der Waals surface area contributed by atoms with Crippen molar-refractivity contribution in [3.8, 4) is 5.75 Å². The molecular weight excluding hydrogens is 356 g/mol. The largest absolute Gasteiger partial charge is 0.496 e. The molecule has 0 bridgehead atoms. The van der Waals surface area contributed by atoms with Crippen LogP contribution in [-0.2, 0) is 10.0 Å². The summed E-state index contributed by atoms with van der Waals surface area (Å²) in [5.74, 6) is 0.633. The Morgan fingerprint density at radius 1 is 1.14 bits per heavy atom. The van der Waals surface area contributed by atoms with Gasteiger partial charge in [0.2, 0.25) is 0 Å². The molecule has 2 N–H and O–H groups in total. The lowest BCUT2D eigenvalue weighted by Crippen LogP contribution is -2.14. The van der Waals surface area contributed by atoms with Gasteiger partial charge in [0.1, 0.15) is 10.6 Å². The maximum absolute atomic E-state index is 12.4. The fourth-order valence-electron chi connectivity index (χ4n) is 1.85. The summed E-state index contributed by atoms with van der Waals surface area (Å²) in [4.78, 5) is 0.194. The van der Waals surface area contributed by atoms with Crippen LogP contribution in [0.3, 0.4) is 0 Å². The highest BCUT2D eigenvalue weighted by Gasteiger charge is 2.18. The summed E-state index contributed by atoms with van der Waals surface area (Å²) < 4.78 is 33.2. The molecule has 112 valence electrons. The first-order valence-electron chi connectivity index (χ1n) is 6.11. The van der Waals surface area contributed by atoms with Crippen LogP contribution in [-0.4, -0.2) is 22.6 Å². The van der Waals surface area contributed by atoms with Crippen LogP contribution in [0.25, 0.3) is 0 Å². The maximum atomic E-state index is 12.4. The van der Waals surface area contributed by atoms with E-state index in [4.69, 9.17) is 4.74 Å². The van der Waals surface area contributed by atoms with Crippen molar-refractivity contribution in [1.29, 1.82) is 0 Å². The van der Waals surface area contributed by atoms with E-state index in [-0.39, 0.29) is 4.90 Å². The van der Waals surface area contributed by atoms with Crippen LogP contribution in [0.5, 0.6) is 5.75 Å². The highest BCUT2D eigenvalue weighted by atomic mass is 79.9. The molecule has 0 aliphatic heterocycles. The van der Waals surface area contributed by atoms with Gasteiger partial charge in [0, 0.05) is 7.05 Å². The van der Waals surface area contributed by atoms with Gasteiger partial charge in [-0.2, -0.15) is 0 Å². The third-order valence-corrected chi connectivity index (χ3v) is 4.91. The van der Waals surface area contributed by atoms with Crippen LogP contribution in [0, 0.1) is 0 Å². The number of nitrogens with one attached hydrogen (secondary N) is 2. The molecule has 0 aliphatic carbocycles. The third kappa shape index (κ3) is 3.48. The van der Waals surface area contributed by atoms with Gasteiger partial charge in [-0.15, -0.1) is 0 Å². The first-order chi connectivity index (χ1) is 9.97. The average molecular weight is 371 g/mol. The lowest BCUT2D eigenvalue weighted by Gasteiger charge is -2.12. The van der Waals surface area contributed by atoms with Crippen LogP contribution in [0.1, 0.15) is 0 Å². The Balaban J connectivity index is 2.35. The Morgan fingerprint density at radius 2 is 1.86 bits per heavy atom. The van der Waals surface area contributed by atoms with E-state index in [0.29, 0.717) is 21.6 Å². The van der Waals surface area contributed by atoms with Crippen LogP contribution < -0.4 is 14.8 Å². The van der Waals surface area contributed by atoms with Gasteiger partial charge < -0.3 is 10.1 Å². The predicted octanol–water partition coefficient (Wildman–Crippen LogP) is 3.30. The summed E-state index contributed by atoms with van der Waals surface area (Å²) in [5.41, 5.74) is 0.992. The molecule has 0 saturated carbocycles. The summed E-state index contributed by atoms with van der Waals surface area (Å²) in [6.45, 7) is 0. The minimum absolute atomic E-state index is 0.194. The molecule has 0 aromatic heterocycles. The Morgan fingerprint density at radius 3 is 2.48 bits per heavy atom. The number of anilines is 2. The monoisotopic (exact) mass is 370 g/mol. The Hall–Kier alpha value is -1.73. The highest BCUT2D eigenvalue weighted by molar-refractivity contribution is 9.10. The summed E-state index contributed by atoms with van der Waals surface area (Å²) in [7, 11) is -0.439. The first-order valence-corrected chi connectivity index (χ1v) is 8.38. The second kappa shape index (κ2) is 6.36. The van der Waals surface area contributed by atoms with E-state index in [1.807, 2.05) is 0 Å². The molecule has 2 aromatic rings. The average Bonchev–Trinajstić information content (AvgIpc) is 2.47. The fourth-order valence-corrected chi connectivity index (χ4v) is 3.65. The van der Waals surface area contributed by atoms with Crippen LogP contribution in [0.4, 0.5) is 11.4 Å². The SMILES string of the molecule is CNc1ccccc1S(=O)(=O)Nc1ccc(OC)c(Br)c1. The van der Waals surface area contributed by atoms with E-state index in [1.165, 1.54) is 0 Å². The second-order valence-corrected chi connectivity index (χ2v) is 6.71. The van der Waals surface area contributed by atoms with Gasteiger partial charge in [-0.25, -0.2) is 8.42 Å². The lowest BCUT2D eigenvalue weighted by atomic mass is 10.3.